The molecule has 0 saturated heterocycles. The Morgan fingerprint density at radius 3 is 2.70 bits per heavy atom. The normalized spacial score (nSPS) is 11.0. The van der Waals surface area contributed by atoms with E-state index in [0.717, 1.165) is 16.9 Å². The van der Waals surface area contributed by atoms with Gasteiger partial charge in [-0.2, -0.15) is 14.6 Å². The van der Waals surface area contributed by atoms with Crippen molar-refractivity contribution in [1.29, 1.82) is 0 Å². The van der Waals surface area contributed by atoms with Gasteiger partial charge in [-0.3, -0.25) is 0 Å². The van der Waals surface area contributed by atoms with E-state index in [1.165, 1.54) is 6.33 Å². The Bertz CT molecular complexity index is 1200. The van der Waals surface area contributed by atoms with Gasteiger partial charge in [-0.25, -0.2) is 9.67 Å². The third-order valence-electron chi connectivity index (χ3n) is 4.02. The summed E-state index contributed by atoms with van der Waals surface area (Å²) in [7, 11) is 0. The van der Waals surface area contributed by atoms with Crippen molar-refractivity contribution in [2.24, 2.45) is 0 Å². The quantitative estimate of drug-likeness (QED) is 0.492. The molecular formula is C19H13N7O. The maximum absolute atomic E-state index is 6.11. The van der Waals surface area contributed by atoms with Crippen LogP contribution >= 0.6 is 0 Å². The SMILES string of the molecule is c1ccc(-c2cc(Oc3cccc(-n4ccnn4)c3)n3ncnc3n2)cc1. The average Bonchev–Trinajstić information content (AvgIpc) is 3.41. The Kier molecular flexibility index (Phi) is 3.57. The lowest BCUT2D eigenvalue weighted by Crippen LogP contribution is -2.00. The van der Waals surface area contributed by atoms with Crippen LogP contribution < -0.4 is 4.74 Å². The number of rotatable bonds is 4. The zero-order valence-corrected chi connectivity index (χ0v) is 14.0. The number of nitrogens with zero attached hydrogens (tertiary/aromatic N) is 7. The van der Waals surface area contributed by atoms with Crippen molar-refractivity contribution in [2.75, 3.05) is 0 Å². The molecule has 0 saturated carbocycles. The van der Waals surface area contributed by atoms with E-state index < -0.39 is 0 Å². The van der Waals surface area contributed by atoms with Gasteiger partial charge in [-0.1, -0.05) is 41.6 Å². The van der Waals surface area contributed by atoms with Crippen LogP contribution in [-0.4, -0.2) is 34.6 Å². The van der Waals surface area contributed by atoms with Crippen molar-refractivity contribution in [3.63, 3.8) is 0 Å². The molecule has 5 rings (SSSR count). The van der Waals surface area contributed by atoms with E-state index >= 15 is 0 Å². The molecular weight excluding hydrogens is 342 g/mol. The standard InChI is InChI=1S/C19H13N7O/c1-2-5-14(6-3-1)17-12-18(26-19(23-17)20-13-22-26)27-16-8-4-7-15(11-16)25-10-9-21-24-25/h1-13H. The molecule has 0 unspecified atom stereocenters. The number of fused-ring (bicyclic) bond motifs is 1. The van der Waals surface area contributed by atoms with Gasteiger partial charge in [-0.15, -0.1) is 5.10 Å². The van der Waals surface area contributed by atoms with Gasteiger partial charge in [0, 0.05) is 17.7 Å². The van der Waals surface area contributed by atoms with Gasteiger partial charge in [0.1, 0.15) is 12.1 Å². The summed E-state index contributed by atoms with van der Waals surface area (Å²) >= 11 is 0. The minimum Gasteiger partial charge on any atom is -0.439 e. The number of hydrogen-bond acceptors (Lipinski definition) is 6. The Labute approximate surface area is 153 Å². The smallest absolute Gasteiger partial charge is 0.255 e. The second-order valence-electron chi connectivity index (χ2n) is 5.76. The highest BCUT2D eigenvalue weighted by Gasteiger charge is 2.11. The molecule has 0 fully saturated rings. The predicted octanol–water partition coefficient (Wildman–Crippen LogP) is 3.16. The molecule has 0 radical (unpaired) electrons. The van der Waals surface area contributed by atoms with E-state index in [9.17, 15) is 0 Å². The second-order valence-corrected chi connectivity index (χ2v) is 5.76. The van der Waals surface area contributed by atoms with Crippen LogP contribution in [0.4, 0.5) is 0 Å². The van der Waals surface area contributed by atoms with E-state index in [0.29, 0.717) is 17.4 Å². The molecule has 8 heteroatoms. The molecule has 0 atom stereocenters. The van der Waals surface area contributed by atoms with Crippen LogP contribution in [-0.2, 0) is 0 Å². The zero-order chi connectivity index (χ0) is 18.1. The largest absolute Gasteiger partial charge is 0.439 e. The molecule has 3 aromatic heterocycles. The highest BCUT2D eigenvalue weighted by Crippen LogP contribution is 2.27. The third-order valence-corrected chi connectivity index (χ3v) is 4.02. The lowest BCUT2D eigenvalue weighted by Gasteiger charge is -2.10. The summed E-state index contributed by atoms with van der Waals surface area (Å²) < 4.78 is 9.34. The minimum atomic E-state index is 0.471. The number of benzene rings is 2. The Hall–Kier alpha value is -4.07. The van der Waals surface area contributed by atoms with Crippen LogP contribution in [0.3, 0.4) is 0 Å². The molecule has 5 aromatic rings. The zero-order valence-electron chi connectivity index (χ0n) is 14.0. The molecule has 27 heavy (non-hydrogen) atoms. The van der Waals surface area contributed by atoms with Crippen LogP contribution in [0.2, 0.25) is 0 Å². The molecule has 2 aromatic carbocycles. The molecule has 0 aliphatic carbocycles. The first kappa shape index (κ1) is 15.2. The highest BCUT2D eigenvalue weighted by atomic mass is 16.5. The lowest BCUT2D eigenvalue weighted by molar-refractivity contribution is 0.446. The molecule has 0 bridgehead atoms. The predicted molar refractivity (Wildman–Crippen MR) is 97.7 cm³/mol. The Balaban J connectivity index is 1.57. The minimum absolute atomic E-state index is 0.471. The molecule has 130 valence electrons. The second kappa shape index (κ2) is 6.34. The van der Waals surface area contributed by atoms with Gasteiger partial charge in [0.2, 0.25) is 5.88 Å². The monoisotopic (exact) mass is 355 g/mol. The van der Waals surface area contributed by atoms with E-state index in [4.69, 9.17) is 4.74 Å². The molecule has 0 amide bonds. The van der Waals surface area contributed by atoms with Crippen molar-refractivity contribution in [3.8, 4) is 28.6 Å². The highest BCUT2D eigenvalue weighted by molar-refractivity contribution is 5.62. The molecule has 8 nitrogen and oxygen atoms in total. The first-order chi connectivity index (χ1) is 13.4. The fourth-order valence-corrected chi connectivity index (χ4v) is 2.77. The summed E-state index contributed by atoms with van der Waals surface area (Å²) in [4.78, 5) is 8.76. The summed E-state index contributed by atoms with van der Waals surface area (Å²) in [5.74, 6) is 1.64. The van der Waals surface area contributed by atoms with Gasteiger partial charge in [0.25, 0.3) is 5.78 Å². The number of ether oxygens (including phenoxy) is 1. The fourth-order valence-electron chi connectivity index (χ4n) is 2.77. The van der Waals surface area contributed by atoms with Crippen molar-refractivity contribution in [3.05, 3.63) is 79.4 Å². The average molecular weight is 355 g/mol. The maximum Gasteiger partial charge on any atom is 0.255 e. The van der Waals surface area contributed by atoms with Crippen LogP contribution in [0.15, 0.2) is 79.4 Å². The summed E-state index contributed by atoms with van der Waals surface area (Å²) in [6, 6.07) is 19.3. The summed E-state index contributed by atoms with van der Waals surface area (Å²) in [5, 5.41) is 12.0. The third kappa shape index (κ3) is 2.89. The Morgan fingerprint density at radius 1 is 0.926 bits per heavy atom. The van der Waals surface area contributed by atoms with E-state index in [1.54, 1.807) is 21.6 Å². The van der Waals surface area contributed by atoms with E-state index in [1.807, 2.05) is 60.7 Å². The van der Waals surface area contributed by atoms with Crippen LogP contribution in [0, 0.1) is 0 Å². The van der Waals surface area contributed by atoms with Crippen molar-refractivity contribution in [1.82, 2.24) is 34.6 Å². The van der Waals surface area contributed by atoms with Gasteiger partial charge in [0.15, 0.2) is 0 Å². The fraction of sp³-hybridized carbons (Fsp3) is 0. The molecule has 0 spiro atoms. The van der Waals surface area contributed by atoms with Crippen LogP contribution in [0.1, 0.15) is 0 Å². The summed E-state index contributed by atoms with van der Waals surface area (Å²) in [5.41, 5.74) is 2.58. The summed E-state index contributed by atoms with van der Waals surface area (Å²) in [6.45, 7) is 0. The topological polar surface area (TPSA) is 83.0 Å². The van der Waals surface area contributed by atoms with Gasteiger partial charge >= 0.3 is 0 Å². The van der Waals surface area contributed by atoms with Gasteiger partial charge in [0.05, 0.1) is 23.8 Å². The van der Waals surface area contributed by atoms with Crippen molar-refractivity contribution < 1.29 is 4.74 Å². The van der Waals surface area contributed by atoms with Gasteiger partial charge in [-0.05, 0) is 12.1 Å². The molecule has 0 aliphatic rings. The van der Waals surface area contributed by atoms with E-state index in [2.05, 4.69) is 25.4 Å². The number of aromatic nitrogens is 7. The van der Waals surface area contributed by atoms with Gasteiger partial charge < -0.3 is 4.74 Å². The summed E-state index contributed by atoms with van der Waals surface area (Å²) in [6.07, 6.45) is 4.85. The lowest BCUT2D eigenvalue weighted by atomic mass is 10.1. The van der Waals surface area contributed by atoms with Crippen LogP contribution in [0.5, 0.6) is 11.6 Å². The molecule has 0 aliphatic heterocycles. The molecule has 3 heterocycles. The Morgan fingerprint density at radius 2 is 1.85 bits per heavy atom. The van der Waals surface area contributed by atoms with Crippen molar-refractivity contribution in [2.45, 2.75) is 0 Å². The maximum atomic E-state index is 6.11. The van der Waals surface area contributed by atoms with Crippen molar-refractivity contribution >= 4 is 5.78 Å². The number of hydrogen-bond donors (Lipinski definition) is 0. The molecule has 0 N–H and O–H groups in total. The first-order valence-electron chi connectivity index (χ1n) is 8.28. The van der Waals surface area contributed by atoms with E-state index in [-0.39, 0.29) is 0 Å². The van der Waals surface area contributed by atoms with Crippen LogP contribution in [0.25, 0.3) is 22.7 Å². The first-order valence-corrected chi connectivity index (χ1v) is 8.28.